The van der Waals surface area contributed by atoms with Gasteiger partial charge in [-0.1, -0.05) is 23.4 Å². The number of rotatable bonds is 5. The quantitative estimate of drug-likeness (QED) is 0.529. The van der Waals surface area contributed by atoms with Crippen molar-refractivity contribution in [2.45, 2.75) is 33.0 Å². The van der Waals surface area contributed by atoms with E-state index >= 15 is 0 Å². The van der Waals surface area contributed by atoms with Crippen LogP contribution in [0.15, 0.2) is 40.3 Å². The van der Waals surface area contributed by atoms with E-state index in [0.717, 1.165) is 10.4 Å². The number of benzene rings is 1. The van der Waals surface area contributed by atoms with Crippen LogP contribution in [-0.4, -0.2) is 60.0 Å². The Morgan fingerprint density at radius 2 is 2.06 bits per heavy atom. The SMILES string of the molecule is COc1ccc(Cl)cc1N1C(=O)/C(=C\c2sccc2C)N=C1SCC(=O)N1CC(C)OC(C)C1. The number of aliphatic imine (C=N–C) groups is 1. The Morgan fingerprint density at radius 3 is 2.71 bits per heavy atom. The summed E-state index contributed by atoms with van der Waals surface area (Å²) in [6.07, 6.45) is 1.75. The normalized spacial score (nSPS) is 21.9. The minimum atomic E-state index is -0.295. The number of hydrogen-bond acceptors (Lipinski definition) is 7. The second-order valence-electron chi connectivity index (χ2n) is 8.19. The Morgan fingerprint density at radius 1 is 1.32 bits per heavy atom. The van der Waals surface area contributed by atoms with E-state index in [2.05, 4.69) is 4.99 Å². The lowest BCUT2D eigenvalue weighted by atomic mass is 10.2. The molecule has 0 aliphatic carbocycles. The number of thioether (sulfide) groups is 1. The molecule has 1 aromatic carbocycles. The highest BCUT2D eigenvalue weighted by atomic mass is 35.5. The molecule has 7 nitrogen and oxygen atoms in total. The fourth-order valence-electron chi connectivity index (χ4n) is 3.90. The molecule has 2 unspecified atom stereocenters. The van der Waals surface area contributed by atoms with Gasteiger partial charge in [0.2, 0.25) is 5.91 Å². The standard InChI is InChI=1S/C24H26ClN3O4S2/c1-14-7-8-33-21(14)10-18-23(30)28(19-9-17(25)5-6-20(19)31-4)24(26-18)34-13-22(29)27-11-15(2)32-16(3)12-27/h5-10,15-16H,11-13H2,1-4H3/b18-10+. The average molecular weight is 520 g/mol. The first-order valence-electron chi connectivity index (χ1n) is 10.8. The number of thiophene rings is 1. The van der Waals surface area contributed by atoms with Crippen molar-refractivity contribution in [3.05, 3.63) is 50.8 Å². The summed E-state index contributed by atoms with van der Waals surface area (Å²) in [5, 5.41) is 2.85. The van der Waals surface area contributed by atoms with Crippen LogP contribution in [0.4, 0.5) is 5.69 Å². The minimum Gasteiger partial charge on any atom is -0.495 e. The highest BCUT2D eigenvalue weighted by Crippen LogP contribution is 2.37. The van der Waals surface area contributed by atoms with Crippen LogP contribution in [0.5, 0.6) is 5.75 Å². The Balaban J connectivity index is 1.63. The number of nitrogens with zero attached hydrogens (tertiary/aromatic N) is 3. The van der Waals surface area contributed by atoms with E-state index in [1.54, 1.807) is 40.5 Å². The summed E-state index contributed by atoms with van der Waals surface area (Å²) in [7, 11) is 1.54. The van der Waals surface area contributed by atoms with Crippen LogP contribution in [0.2, 0.25) is 5.02 Å². The lowest BCUT2D eigenvalue weighted by Gasteiger charge is -2.35. The van der Waals surface area contributed by atoms with Gasteiger partial charge in [-0.05, 0) is 62.1 Å². The van der Waals surface area contributed by atoms with Gasteiger partial charge in [-0.3, -0.25) is 9.59 Å². The van der Waals surface area contributed by atoms with Crippen molar-refractivity contribution >= 4 is 63.4 Å². The zero-order chi connectivity index (χ0) is 24.4. The van der Waals surface area contributed by atoms with Gasteiger partial charge in [0.25, 0.3) is 5.91 Å². The molecule has 180 valence electrons. The van der Waals surface area contributed by atoms with Crippen LogP contribution in [0, 0.1) is 6.92 Å². The molecule has 0 radical (unpaired) electrons. The van der Waals surface area contributed by atoms with Gasteiger partial charge in [0.05, 0.1) is 30.8 Å². The van der Waals surface area contributed by atoms with Crippen molar-refractivity contribution in [3.63, 3.8) is 0 Å². The van der Waals surface area contributed by atoms with Gasteiger partial charge in [0.1, 0.15) is 11.4 Å². The lowest BCUT2D eigenvalue weighted by Crippen LogP contribution is -2.49. The molecule has 1 saturated heterocycles. The van der Waals surface area contributed by atoms with E-state index in [-0.39, 0.29) is 29.8 Å². The van der Waals surface area contributed by atoms with Crippen LogP contribution >= 0.6 is 34.7 Å². The predicted molar refractivity (Wildman–Crippen MR) is 139 cm³/mol. The molecule has 1 fully saturated rings. The second kappa shape index (κ2) is 10.5. The number of amidine groups is 1. The average Bonchev–Trinajstić information content (AvgIpc) is 3.33. The third kappa shape index (κ3) is 5.33. The molecule has 0 N–H and O–H groups in total. The smallest absolute Gasteiger partial charge is 0.283 e. The van der Waals surface area contributed by atoms with Crippen LogP contribution in [-0.2, 0) is 14.3 Å². The van der Waals surface area contributed by atoms with Crippen LogP contribution in [0.1, 0.15) is 24.3 Å². The molecular formula is C24H26ClN3O4S2. The number of halogens is 1. The predicted octanol–water partition coefficient (Wildman–Crippen LogP) is 4.83. The number of carbonyl (C=O) groups is 2. The van der Waals surface area contributed by atoms with Crippen molar-refractivity contribution in [2.75, 3.05) is 30.9 Å². The first-order chi connectivity index (χ1) is 16.3. The van der Waals surface area contributed by atoms with Crippen LogP contribution < -0.4 is 9.64 Å². The van der Waals surface area contributed by atoms with Gasteiger partial charge in [-0.2, -0.15) is 0 Å². The van der Waals surface area contributed by atoms with Crippen molar-refractivity contribution in [3.8, 4) is 5.75 Å². The molecule has 0 saturated carbocycles. The molecule has 3 heterocycles. The number of amides is 2. The van der Waals surface area contributed by atoms with Crippen molar-refractivity contribution in [2.24, 2.45) is 4.99 Å². The van der Waals surface area contributed by atoms with Crippen LogP contribution in [0.25, 0.3) is 6.08 Å². The monoisotopic (exact) mass is 519 g/mol. The second-order valence-corrected chi connectivity index (χ2v) is 10.5. The molecule has 0 spiro atoms. The van der Waals surface area contributed by atoms with E-state index in [1.807, 2.05) is 32.2 Å². The molecule has 0 bridgehead atoms. The molecule has 4 rings (SSSR count). The third-order valence-electron chi connectivity index (χ3n) is 5.48. The Hall–Kier alpha value is -2.33. The molecule has 10 heteroatoms. The summed E-state index contributed by atoms with van der Waals surface area (Å²) < 4.78 is 11.2. The van der Waals surface area contributed by atoms with E-state index in [9.17, 15) is 9.59 Å². The van der Waals surface area contributed by atoms with Crippen molar-refractivity contribution in [1.82, 2.24) is 4.90 Å². The number of morpholine rings is 1. The van der Waals surface area contributed by atoms with Crippen molar-refractivity contribution in [1.29, 1.82) is 0 Å². The summed E-state index contributed by atoms with van der Waals surface area (Å²) >= 11 is 9.02. The number of carbonyl (C=O) groups excluding carboxylic acids is 2. The molecule has 1 aromatic heterocycles. The number of anilines is 1. The van der Waals surface area contributed by atoms with E-state index in [4.69, 9.17) is 21.1 Å². The van der Waals surface area contributed by atoms with Gasteiger partial charge in [0.15, 0.2) is 5.17 Å². The fourth-order valence-corrected chi connectivity index (χ4v) is 5.83. The number of methoxy groups -OCH3 is 1. The number of aryl methyl sites for hydroxylation is 1. The Kier molecular flexibility index (Phi) is 7.67. The molecule has 2 aliphatic heterocycles. The third-order valence-corrected chi connectivity index (χ3v) is 7.60. The highest BCUT2D eigenvalue weighted by molar-refractivity contribution is 8.14. The molecular weight excluding hydrogens is 494 g/mol. The Labute approximate surface area is 212 Å². The Bertz CT molecular complexity index is 1150. The lowest BCUT2D eigenvalue weighted by molar-refractivity contribution is -0.140. The first-order valence-corrected chi connectivity index (χ1v) is 13.1. The van der Waals surface area contributed by atoms with E-state index < -0.39 is 0 Å². The minimum absolute atomic E-state index is 0.0149. The summed E-state index contributed by atoms with van der Waals surface area (Å²) in [4.78, 5) is 35.3. The maximum absolute atomic E-state index is 13.5. The maximum atomic E-state index is 13.5. The van der Waals surface area contributed by atoms with Gasteiger partial charge in [-0.15, -0.1) is 11.3 Å². The fraction of sp³-hybridized carbons (Fsp3) is 0.375. The van der Waals surface area contributed by atoms with Crippen LogP contribution in [0.3, 0.4) is 0 Å². The number of hydrogen-bond donors (Lipinski definition) is 0. The number of ether oxygens (including phenoxy) is 2. The topological polar surface area (TPSA) is 71.4 Å². The largest absolute Gasteiger partial charge is 0.495 e. The summed E-state index contributed by atoms with van der Waals surface area (Å²) in [6, 6.07) is 7.07. The molecule has 2 atom stereocenters. The van der Waals surface area contributed by atoms with E-state index in [0.29, 0.717) is 40.4 Å². The zero-order valence-corrected chi connectivity index (χ0v) is 21.8. The van der Waals surface area contributed by atoms with Gasteiger partial charge in [-0.25, -0.2) is 9.89 Å². The molecule has 34 heavy (non-hydrogen) atoms. The summed E-state index contributed by atoms with van der Waals surface area (Å²) in [5.74, 6) is 0.321. The summed E-state index contributed by atoms with van der Waals surface area (Å²) in [6.45, 7) is 7.00. The van der Waals surface area contributed by atoms with Gasteiger partial charge < -0.3 is 14.4 Å². The molecule has 2 aliphatic rings. The molecule has 2 amide bonds. The first kappa shape index (κ1) is 24.8. The molecule has 2 aromatic rings. The maximum Gasteiger partial charge on any atom is 0.283 e. The van der Waals surface area contributed by atoms with Gasteiger partial charge >= 0.3 is 0 Å². The van der Waals surface area contributed by atoms with E-state index in [1.165, 1.54) is 23.8 Å². The van der Waals surface area contributed by atoms with Crippen molar-refractivity contribution < 1.29 is 19.1 Å². The van der Waals surface area contributed by atoms with Gasteiger partial charge in [0, 0.05) is 23.0 Å². The summed E-state index contributed by atoms with van der Waals surface area (Å²) in [5.41, 5.74) is 1.86. The zero-order valence-electron chi connectivity index (χ0n) is 19.4. The highest BCUT2D eigenvalue weighted by Gasteiger charge is 2.35.